The van der Waals surface area contributed by atoms with E-state index in [1.807, 2.05) is 38.2 Å². The van der Waals surface area contributed by atoms with Gasteiger partial charge in [-0.15, -0.1) is 10.2 Å². The number of piperazine rings is 1. The first-order valence-electron chi connectivity index (χ1n) is 19.5. The molecule has 3 aromatic heterocycles. The molecule has 3 saturated heterocycles. The zero-order valence-electron chi connectivity index (χ0n) is 31.4. The predicted molar refractivity (Wildman–Crippen MR) is 204 cm³/mol. The Labute approximate surface area is 320 Å². The van der Waals surface area contributed by atoms with E-state index in [4.69, 9.17) is 24.5 Å². The van der Waals surface area contributed by atoms with Crippen LogP contribution in [0.25, 0.3) is 11.3 Å². The van der Waals surface area contributed by atoms with Gasteiger partial charge in [-0.1, -0.05) is 26.0 Å². The van der Waals surface area contributed by atoms with E-state index in [9.17, 15) is 15.0 Å². The molecule has 4 N–H and O–H groups in total. The van der Waals surface area contributed by atoms with Crippen LogP contribution >= 0.6 is 0 Å². The van der Waals surface area contributed by atoms with Crippen molar-refractivity contribution in [2.24, 2.45) is 5.92 Å². The summed E-state index contributed by atoms with van der Waals surface area (Å²) >= 11 is 0. The lowest BCUT2D eigenvalue weighted by molar-refractivity contribution is -0.140. The second kappa shape index (κ2) is 15.9. The van der Waals surface area contributed by atoms with Crippen LogP contribution in [-0.2, 0) is 9.53 Å². The molecule has 55 heavy (non-hydrogen) atoms. The number of phenolic OH excluding ortho intramolecular Hbond substituents is 1. The van der Waals surface area contributed by atoms with Crippen molar-refractivity contribution in [3.05, 3.63) is 60.5 Å². The third kappa shape index (κ3) is 8.13. The number of hydrogen-bond acceptors (Lipinski definition) is 14. The molecule has 1 unspecified atom stereocenters. The lowest BCUT2D eigenvalue weighted by Crippen LogP contribution is -2.54. The Bertz CT molecular complexity index is 1930. The van der Waals surface area contributed by atoms with Gasteiger partial charge < -0.3 is 44.5 Å². The van der Waals surface area contributed by atoms with Crippen LogP contribution in [0, 0.1) is 5.92 Å². The topological polar surface area (TPSA) is 186 Å². The summed E-state index contributed by atoms with van der Waals surface area (Å²) in [6.07, 6.45) is 8.15. The zero-order valence-corrected chi connectivity index (χ0v) is 31.4. The number of hydrogen-bond donors (Lipinski definition) is 3. The van der Waals surface area contributed by atoms with Gasteiger partial charge in [0.1, 0.15) is 24.4 Å². The van der Waals surface area contributed by atoms with Gasteiger partial charge in [0.2, 0.25) is 5.88 Å². The third-order valence-electron chi connectivity index (χ3n) is 11.5. The summed E-state index contributed by atoms with van der Waals surface area (Å²) in [6, 6.07) is 15.4. The van der Waals surface area contributed by atoms with E-state index in [-0.39, 0.29) is 30.0 Å². The maximum Gasteiger partial charge on any atom is 0.314 e. The van der Waals surface area contributed by atoms with E-state index >= 15 is 0 Å². The van der Waals surface area contributed by atoms with Gasteiger partial charge >= 0.3 is 5.97 Å². The fraction of sp³-hybridized carbons (Fsp3) is 0.525. The molecule has 0 amide bonds. The van der Waals surface area contributed by atoms with Gasteiger partial charge in [-0.25, -0.2) is 4.98 Å². The van der Waals surface area contributed by atoms with Gasteiger partial charge in [0.05, 0.1) is 23.6 Å². The molecule has 4 aliphatic rings. The average molecular weight is 755 g/mol. The van der Waals surface area contributed by atoms with Gasteiger partial charge in [0.25, 0.3) is 5.88 Å². The number of pyridine rings is 1. The van der Waals surface area contributed by atoms with Gasteiger partial charge in [-0.05, 0) is 61.0 Å². The van der Waals surface area contributed by atoms with Gasteiger partial charge in [0.15, 0.2) is 11.6 Å². The number of carboxylic acid groups (broad SMARTS) is 1. The second-order valence-electron chi connectivity index (χ2n) is 15.6. The van der Waals surface area contributed by atoms with Gasteiger partial charge in [-0.2, -0.15) is 0 Å². The van der Waals surface area contributed by atoms with Crippen LogP contribution in [0.1, 0.15) is 64.1 Å². The zero-order chi connectivity index (χ0) is 38.1. The van der Waals surface area contributed by atoms with E-state index in [0.29, 0.717) is 53.3 Å². The molecule has 15 heteroatoms. The summed E-state index contributed by atoms with van der Waals surface area (Å²) < 4.78 is 23.8. The molecule has 0 spiro atoms. The van der Waals surface area contributed by atoms with E-state index in [2.05, 4.69) is 47.2 Å². The van der Waals surface area contributed by atoms with Crippen LogP contribution in [0.2, 0.25) is 0 Å². The highest BCUT2D eigenvalue weighted by Crippen LogP contribution is 2.40. The van der Waals surface area contributed by atoms with E-state index in [0.717, 1.165) is 82.6 Å². The number of carboxylic acids is 1. The Balaban J connectivity index is 0.770. The molecule has 6 heterocycles. The summed E-state index contributed by atoms with van der Waals surface area (Å²) in [5.74, 6) is 0.0476. The van der Waals surface area contributed by atoms with Crippen LogP contribution in [0.15, 0.2) is 59.3 Å². The van der Waals surface area contributed by atoms with Gasteiger partial charge in [-0.3, -0.25) is 9.69 Å². The first-order chi connectivity index (χ1) is 26.7. The largest absolute Gasteiger partial charge is 0.507 e. The number of aromatic hydroxyl groups is 1. The summed E-state index contributed by atoms with van der Waals surface area (Å²) in [7, 11) is 0. The van der Waals surface area contributed by atoms with E-state index < -0.39 is 11.9 Å². The Morgan fingerprint density at radius 1 is 0.964 bits per heavy atom. The number of likely N-dealkylation sites (tertiary alicyclic amines) is 1. The van der Waals surface area contributed by atoms with Crippen LogP contribution < -0.4 is 25.0 Å². The van der Waals surface area contributed by atoms with Crippen molar-refractivity contribution in [3.63, 3.8) is 0 Å². The number of para-hydroxylation sites is 1. The van der Waals surface area contributed by atoms with Crippen molar-refractivity contribution in [2.75, 3.05) is 54.9 Å². The number of aliphatic carboxylic acids is 1. The van der Waals surface area contributed by atoms with Crippen LogP contribution in [0.3, 0.4) is 0 Å². The Hall–Kier alpha value is -5.15. The highest BCUT2D eigenvalue weighted by molar-refractivity contribution is 5.76. The Morgan fingerprint density at radius 3 is 2.45 bits per heavy atom. The molecule has 8 rings (SSSR count). The van der Waals surface area contributed by atoms with Crippen molar-refractivity contribution in [1.29, 1.82) is 0 Å². The SMILES string of the molecule is CC(C)C(C(=O)O)c1cc(OCCN2CCC(OC3CC(Oc4cc(N5[C@@H]6CC[C@@H]5CN(c5cc(-c7ccccc7O)nnc5N)C6)ccn4)C3)CC2)no1. The number of nitrogen functional groups attached to an aromatic ring is 1. The normalized spacial score (nSPS) is 23.5. The smallest absolute Gasteiger partial charge is 0.314 e. The summed E-state index contributed by atoms with van der Waals surface area (Å²) in [5, 5.41) is 32.3. The number of aromatic nitrogens is 4. The van der Waals surface area contributed by atoms with Crippen molar-refractivity contribution >= 4 is 23.2 Å². The van der Waals surface area contributed by atoms with Crippen molar-refractivity contribution in [1.82, 2.24) is 25.2 Å². The summed E-state index contributed by atoms with van der Waals surface area (Å²) in [4.78, 5) is 23.3. The Kier molecular flexibility index (Phi) is 10.6. The minimum atomic E-state index is -0.932. The standard InChI is InChI=1S/C40H50N8O7/c1-24(2)38(40(50)51)35-21-37(45-55-35)52-16-15-46-13-10-28(11-14-46)53-29-18-30(19-29)54-36-17-25(9-12-42-36)48-26-7-8-27(48)23-47(22-26)33-20-32(43-44-39(33)41)31-5-3-4-6-34(31)49/h3-6,9,12,17,20-21,24,26-30,38,49H,7-8,10-11,13-16,18-19,22-23H2,1-2H3,(H2,41,44)(H,50,51)/t26-,27-,29?,30?,38?/m1/s1. The lowest BCUT2D eigenvalue weighted by Gasteiger charge is -2.43. The fourth-order valence-corrected chi connectivity index (χ4v) is 8.55. The summed E-state index contributed by atoms with van der Waals surface area (Å²) in [6.45, 7) is 8.35. The van der Waals surface area contributed by atoms with Crippen molar-refractivity contribution in [2.45, 2.75) is 88.7 Å². The number of fused-ring (bicyclic) bond motifs is 2. The first kappa shape index (κ1) is 36.8. The molecule has 3 atom stereocenters. The second-order valence-corrected chi connectivity index (χ2v) is 15.6. The highest BCUT2D eigenvalue weighted by Gasteiger charge is 2.41. The number of rotatable bonds is 14. The molecular weight excluding hydrogens is 704 g/mol. The Morgan fingerprint density at radius 2 is 1.73 bits per heavy atom. The fourth-order valence-electron chi connectivity index (χ4n) is 8.55. The first-order valence-corrected chi connectivity index (χ1v) is 19.5. The molecule has 3 aliphatic heterocycles. The number of piperidine rings is 1. The molecule has 4 fully saturated rings. The number of phenols is 1. The van der Waals surface area contributed by atoms with Crippen LogP contribution in [-0.4, -0.2) is 111 Å². The molecule has 1 aromatic carbocycles. The predicted octanol–water partition coefficient (Wildman–Crippen LogP) is 4.97. The molecule has 2 bridgehead atoms. The molecule has 1 saturated carbocycles. The third-order valence-corrected chi connectivity index (χ3v) is 11.5. The van der Waals surface area contributed by atoms with Gasteiger partial charge in [0, 0.05) is 87.2 Å². The number of nitrogens with two attached hydrogens (primary N) is 1. The average Bonchev–Trinajstić information content (AvgIpc) is 3.72. The lowest BCUT2D eigenvalue weighted by atomic mass is 9.91. The molecule has 15 nitrogen and oxygen atoms in total. The molecule has 1 aliphatic carbocycles. The van der Waals surface area contributed by atoms with E-state index in [1.54, 1.807) is 18.2 Å². The monoisotopic (exact) mass is 754 g/mol. The number of benzene rings is 1. The molecule has 4 aromatic rings. The van der Waals surface area contributed by atoms with Crippen molar-refractivity contribution in [3.8, 4) is 28.8 Å². The van der Waals surface area contributed by atoms with E-state index in [1.165, 1.54) is 0 Å². The minimum Gasteiger partial charge on any atom is -0.507 e. The molecular formula is C40H50N8O7. The van der Waals surface area contributed by atoms with Crippen LogP contribution in [0.5, 0.6) is 17.5 Å². The summed E-state index contributed by atoms with van der Waals surface area (Å²) in [5.41, 5.74) is 9.55. The maximum absolute atomic E-state index is 11.6. The highest BCUT2D eigenvalue weighted by atomic mass is 16.5. The quantitative estimate of drug-likeness (QED) is 0.157. The number of anilines is 3. The number of carbonyl (C=O) groups is 1. The molecule has 0 radical (unpaired) electrons. The number of nitrogens with zero attached hydrogens (tertiary/aromatic N) is 7. The molecule has 292 valence electrons. The van der Waals surface area contributed by atoms with Crippen molar-refractivity contribution < 1.29 is 33.7 Å². The van der Waals surface area contributed by atoms with Crippen LogP contribution in [0.4, 0.5) is 17.2 Å². The minimum absolute atomic E-state index is 0.0855. The number of ether oxygens (including phenoxy) is 3. The maximum atomic E-state index is 11.6.